The Morgan fingerprint density at radius 1 is 1.33 bits per heavy atom. The van der Waals surface area contributed by atoms with Crippen LogP contribution < -0.4 is 0 Å². The molecule has 68 valence electrons. The number of hydrogen-bond donors (Lipinski definition) is 0. The molecule has 0 aliphatic heterocycles. The summed E-state index contributed by atoms with van der Waals surface area (Å²) in [5, 5.41) is 0. The predicted molar refractivity (Wildman–Crippen MR) is 50.0 cm³/mol. The minimum absolute atomic E-state index is 0.872. The fourth-order valence-corrected chi connectivity index (χ4v) is 2.61. The Morgan fingerprint density at radius 2 is 2.25 bits per heavy atom. The second-order valence-electron chi connectivity index (χ2n) is 4.03. The van der Waals surface area contributed by atoms with Crippen LogP contribution in [0, 0.1) is 17.8 Å². The lowest BCUT2D eigenvalue weighted by atomic mass is 9.91. The molecule has 0 spiro atoms. The molecule has 0 heterocycles. The Labute approximate surface area is 74.8 Å². The molecule has 2 aliphatic rings. The van der Waals surface area contributed by atoms with Crippen LogP contribution >= 0.6 is 0 Å². The van der Waals surface area contributed by atoms with E-state index in [1.54, 1.807) is 0 Å². The highest BCUT2D eigenvalue weighted by atomic mass is 16.5. The summed E-state index contributed by atoms with van der Waals surface area (Å²) in [4.78, 5) is 0. The van der Waals surface area contributed by atoms with Crippen LogP contribution in [0.4, 0.5) is 0 Å². The lowest BCUT2D eigenvalue weighted by molar-refractivity contribution is 0.128. The molecule has 2 rings (SSSR count). The largest absolute Gasteiger partial charge is 0.382 e. The fraction of sp³-hybridized carbons (Fsp3) is 0.818. The number of rotatable bonds is 4. The zero-order chi connectivity index (χ0) is 8.39. The van der Waals surface area contributed by atoms with E-state index in [4.69, 9.17) is 4.74 Å². The van der Waals surface area contributed by atoms with Gasteiger partial charge in [-0.15, -0.1) is 0 Å². The summed E-state index contributed by atoms with van der Waals surface area (Å²) in [7, 11) is 0. The summed E-state index contributed by atoms with van der Waals surface area (Å²) in [5.74, 6) is 2.75. The maximum Gasteiger partial charge on any atom is 0.0468 e. The second-order valence-corrected chi connectivity index (χ2v) is 4.03. The molecular formula is C11H18O. The van der Waals surface area contributed by atoms with Gasteiger partial charge in [0.15, 0.2) is 0 Å². The molecule has 0 N–H and O–H groups in total. The summed E-state index contributed by atoms with van der Waals surface area (Å²) in [6.07, 6.45) is 8.96. The first-order valence-electron chi connectivity index (χ1n) is 5.16. The maximum atomic E-state index is 5.38. The summed E-state index contributed by atoms with van der Waals surface area (Å²) >= 11 is 0. The Bertz CT molecular complexity index is 174. The molecule has 2 bridgehead atoms. The summed E-state index contributed by atoms with van der Waals surface area (Å²) in [6, 6.07) is 0. The van der Waals surface area contributed by atoms with E-state index in [2.05, 4.69) is 19.1 Å². The van der Waals surface area contributed by atoms with Gasteiger partial charge >= 0.3 is 0 Å². The van der Waals surface area contributed by atoms with Crippen LogP contribution in [-0.4, -0.2) is 13.2 Å². The summed E-state index contributed by atoms with van der Waals surface area (Å²) < 4.78 is 5.38. The summed E-state index contributed by atoms with van der Waals surface area (Å²) in [5.41, 5.74) is 0. The monoisotopic (exact) mass is 166 g/mol. The van der Waals surface area contributed by atoms with Crippen molar-refractivity contribution in [3.05, 3.63) is 12.2 Å². The zero-order valence-electron chi connectivity index (χ0n) is 7.83. The van der Waals surface area contributed by atoms with E-state index >= 15 is 0 Å². The standard InChI is InChI=1S/C11H18O/c1-2-12-6-5-11-8-9-3-4-10(11)7-9/h3-4,9-11H,2,5-8H2,1H3. The van der Waals surface area contributed by atoms with Gasteiger partial charge in [-0.05, 0) is 43.9 Å². The number of allylic oxidation sites excluding steroid dienone is 2. The van der Waals surface area contributed by atoms with E-state index in [0.29, 0.717) is 0 Å². The van der Waals surface area contributed by atoms with Crippen LogP contribution in [0.5, 0.6) is 0 Å². The van der Waals surface area contributed by atoms with E-state index in [9.17, 15) is 0 Å². The van der Waals surface area contributed by atoms with Crippen LogP contribution in [-0.2, 0) is 4.74 Å². The van der Waals surface area contributed by atoms with Gasteiger partial charge in [0.25, 0.3) is 0 Å². The average molecular weight is 166 g/mol. The van der Waals surface area contributed by atoms with Crippen LogP contribution in [0.25, 0.3) is 0 Å². The van der Waals surface area contributed by atoms with Crippen molar-refractivity contribution < 1.29 is 4.74 Å². The Hall–Kier alpha value is -0.300. The van der Waals surface area contributed by atoms with Crippen molar-refractivity contribution in [1.82, 2.24) is 0 Å². The van der Waals surface area contributed by atoms with E-state index in [1.807, 2.05) is 0 Å². The lowest BCUT2D eigenvalue weighted by Crippen LogP contribution is -2.10. The molecule has 0 aromatic carbocycles. The first kappa shape index (κ1) is 8.31. The molecule has 1 saturated carbocycles. The highest BCUT2D eigenvalue weighted by Gasteiger charge is 2.34. The minimum atomic E-state index is 0.872. The molecule has 1 nitrogen and oxygen atoms in total. The van der Waals surface area contributed by atoms with Gasteiger partial charge in [0, 0.05) is 13.2 Å². The fourth-order valence-electron chi connectivity index (χ4n) is 2.61. The molecule has 1 heteroatoms. The molecule has 2 aliphatic carbocycles. The zero-order valence-corrected chi connectivity index (χ0v) is 7.83. The van der Waals surface area contributed by atoms with E-state index < -0.39 is 0 Å². The van der Waals surface area contributed by atoms with Crippen LogP contribution in [0.15, 0.2) is 12.2 Å². The van der Waals surface area contributed by atoms with Crippen molar-refractivity contribution in [3.63, 3.8) is 0 Å². The Kier molecular flexibility index (Phi) is 2.50. The molecule has 0 aromatic rings. The van der Waals surface area contributed by atoms with Crippen molar-refractivity contribution in [2.75, 3.05) is 13.2 Å². The molecule has 12 heavy (non-hydrogen) atoms. The highest BCUT2D eigenvalue weighted by Crippen LogP contribution is 2.44. The number of ether oxygens (including phenoxy) is 1. The van der Waals surface area contributed by atoms with Gasteiger partial charge in [-0.25, -0.2) is 0 Å². The van der Waals surface area contributed by atoms with Gasteiger partial charge in [0.2, 0.25) is 0 Å². The molecule has 3 unspecified atom stereocenters. The van der Waals surface area contributed by atoms with E-state index in [-0.39, 0.29) is 0 Å². The van der Waals surface area contributed by atoms with Crippen LogP contribution in [0.3, 0.4) is 0 Å². The van der Waals surface area contributed by atoms with Crippen molar-refractivity contribution in [2.45, 2.75) is 26.2 Å². The maximum absolute atomic E-state index is 5.38. The third-order valence-electron chi connectivity index (χ3n) is 3.25. The molecule has 0 saturated heterocycles. The van der Waals surface area contributed by atoms with Gasteiger partial charge in [-0.1, -0.05) is 12.2 Å². The van der Waals surface area contributed by atoms with Crippen molar-refractivity contribution >= 4 is 0 Å². The van der Waals surface area contributed by atoms with Gasteiger partial charge < -0.3 is 4.74 Å². The Morgan fingerprint density at radius 3 is 2.83 bits per heavy atom. The molecule has 0 aromatic heterocycles. The van der Waals surface area contributed by atoms with Gasteiger partial charge in [0.05, 0.1) is 0 Å². The number of hydrogen-bond acceptors (Lipinski definition) is 1. The number of fused-ring (bicyclic) bond motifs is 2. The van der Waals surface area contributed by atoms with Crippen LogP contribution in [0.2, 0.25) is 0 Å². The molecule has 1 fully saturated rings. The van der Waals surface area contributed by atoms with Crippen molar-refractivity contribution in [3.8, 4) is 0 Å². The highest BCUT2D eigenvalue weighted by molar-refractivity contribution is 5.09. The smallest absolute Gasteiger partial charge is 0.0468 e. The molecule has 3 atom stereocenters. The van der Waals surface area contributed by atoms with E-state index in [0.717, 1.165) is 31.0 Å². The average Bonchev–Trinajstić information content (AvgIpc) is 2.65. The first-order chi connectivity index (χ1) is 5.90. The lowest BCUT2D eigenvalue weighted by Gasteiger charge is -2.17. The predicted octanol–water partition coefficient (Wildman–Crippen LogP) is 2.63. The SMILES string of the molecule is CCOCCC1CC2C=CC1C2. The van der Waals surface area contributed by atoms with Gasteiger partial charge in [-0.3, -0.25) is 0 Å². The molecule has 0 radical (unpaired) electrons. The molecular weight excluding hydrogens is 148 g/mol. The Balaban J connectivity index is 1.73. The second kappa shape index (κ2) is 3.61. The normalized spacial score (nSPS) is 37.9. The van der Waals surface area contributed by atoms with Crippen molar-refractivity contribution in [2.24, 2.45) is 17.8 Å². The van der Waals surface area contributed by atoms with Gasteiger partial charge in [-0.2, -0.15) is 0 Å². The summed E-state index contributed by atoms with van der Waals surface area (Å²) in [6.45, 7) is 3.91. The first-order valence-corrected chi connectivity index (χ1v) is 5.16. The topological polar surface area (TPSA) is 9.23 Å². The quantitative estimate of drug-likeness (QED) is 0.461. The van der Waals surface area contributed by atoms with Crippen LogP contribution in [0.1, 0.15) is 26.2 Å². The minimum Gasteiger partial charge on any atom is -0.382 e. The van der Waals surface area contributed by atoms with Gasteiger partial charge in [0.1, 0.15) is 0 Å². The van der Waals surface area contributed by atoms with Crippen molar-refractivity contribution in [1.29, 1.82) is 0 Å². The van der Waals surface area contributed by atoms with E-state index in [1.165, 1.54) is 19.3 Å². The third-order valence-corrected chi connectivity index (χ3v) is 3.25. The third kappa shape index (κ3) is 1.56. The molecule has 0 amide bonds.